The van der Waals surface area contributed by atoms with Crippen molar-refractivity contribution in [3.05, 3.63) is 12.2 Å². The van der Waals surface area contributed by atoms with E-state index >= 15 is 0 Å². The van der Waals surface area contributed by atoms with Crippen LogP contribution in [0.1, 0.15) is 399 Å². The maximum absolute atomic E-state index is 12.5. The number of carbonyl (C=O) groups is 2. The Balaban J connectivity index is 3.36. The van der Waals surface area contributed by atoms with E-state index in [1.165, 1.54) is 327 Å². The SMILES string of the molecule is CCCCCCCCCCCCCCCCCCCC(=O)OCCCCCCCCCCCCCC/C=C\CCCCCCCCCCCCC(=O)NC(CO)C(O)CCCCCCCCCCCCCCCCCC. The lowest BCUT2D eigenvalue weighted by Crippen LogP contribution is -2.45. The van der Waals surface area contributed by atoms with E-state index in [9.17, 15) is 19.8 Å². The van der Waals surface area contributed by atoms with E-state index in [0.717, 1.165) is 38.5 Å². The summed E-state index contributed by atoms with van der Waals surface area (Å²) in [6, 6.07) is -0.542. The zero-order chi connectivity index (χ0) is 55.0. The number of amides is 1. The van der Waals surface area contributed by atoms with Crippen LogP contribution in [0.25, 0.3) is 0 Å². The fourth-order valence-corrected chi connectivity index (χ4v) is 11.2. The number of aliphatic hydroxyl groups is 2. The summed E-state index contributed by atoms with van der Waals surface area (Å²) >= 11 is 0. The Hall–Kier alpha value is -1.40. The zero-order valence-electron chi connectivity index (χ0n) is 51.8. The van der Waals surface area contributed by atoms with Gasteiger partial charge >= 0.3 is 5.97 Å². The van der Waals surface area contributed by atoms with Crippen molar-refractivity contribution in [3.63, 3.8) is 0 Å². The van der Waals surface area contributed by atoms with Gasteiger partial charge in [-0.25, -0.2) is 0 Å². The second-order valence-electron chi connectivity index (χ2n) is 24.2. The summed E-state index contributed by atoms with van der Waals surface area (Å²) in [6.07, 6.45) is 81.1. The molecule has 0 aromatic heterocycles. The van der Waals surface area contributed by atoms with Crippen LogP contribution in [0.4, 0.5) is 0 Å². The van der Waals surface area contributed by atoms with Gasteiger partial charge < -0.3 is 20.3 Å². The van der Waals surface area contributed by atoms with Gasteiger partial charge in [-0.15, -0.1) is 0 Å². The van der Waals surface area contributed by atoms with Crippen molar-refractivity contribution in [1.29, 1.82) is 0 Å². The van der Waals surface area contributed by atoms with E-state index in [2.05, 4.69) is 31.3 Å². The zero-order valence-corrected chi connectivity index (χ0v) is 51.8. The van der Waals surface area contributed by atoms with Crippen LogP contribution >= 0.6 is 0 Å². The standard InChI is InChI=1S/C70H137NO5/c1-3-5-7-9-11-13-15-17-19-31-36-40-44-48-52-56-60-64-70(75)76-65-61-57-53-49-45-41-37-33-30-28-26-24-22-21-23-25-27-29-32-35-39-43-47-51-55-59-63-69(74)71-67(66-72)68(73)62-58-54-50-46-42-38-34-20-18-16-14-12-10-8-6-4-2/h21,23,67-68,72-73H,3-20,22,24-66H2,1-2H3,(H,71,74)/b23-21-. The van der Waals surface area contributed by atoms with Crippen molar-refractivity contribution in [2.75, 3.05) is 13.2 Å². The Morgan fingerprint density at radius 2 is 0.618 bits per heavy atom. The van der Waals surface area contributed by atoms with Gasteiger partial charge in [0.25, 0.3) is 0 Å². The molecule has 2 unspecified atom stereocenters. The molecular formula is C70H137NO5. The maximum Gasteiger partial charge on any atom is 0.305 e. The number of esters is 1. The molecule has 0 saturated carbocycles. The molecule has 6 nitrogen and oxygen atoms in total. The van der Waals surface area contributed by atoms with Crippen LogP contribution in [0.5, 0.6) is 0 Å². The third kappa shape index (κ3) is 61.8. The largest absolute Gasteiger partial charge is 0.466 e. The van der Waals surface area contributed by atoms with Crippen molar-refractivity contribution in [2.24, 2.45) is 0 Å². The molecular weight excluding hydrogens is 935 g/mol. The molecule has 0 aromatic rings. The van der Waals surface area contributed by atoms with Crippen molar-refractivity contribution in [3.8, 4) is 0 Å². The summed E-state index contributed by atoms with van der Waals surface area (Å²) in [5.41, 5.74) is 0. The number of allylic oxidation sites excluding steroid dienone is 2. The summed E-state index contributed by atoms with van der Waals surface area (Å²) < 4.78 is 5.51. The van der Waals surface area contributed by atoms with E-state index in [0.29, 0.717) is 25.9 Å². The second kappa shape index (κ2) is 66.1. The van der Waals surface area contributed by atoms with Crippen LogP contribution in [0.15, 0.2) is 12.2 Å². The average Bonchev–Trinajstić information content (AvgIpc) is 3.42. The van der Waals surface area contributed by atoms with Crippen LogP contribution in [0, 0.1) is 0 Å². The minimum Gasteiger partial charge on any atom is -0.466 e. The molecule has 0 aliphatic rings. The van der Waals surface area contributed by atoms with Gasteiger partial charge in [0.15, 0.2) is 0 Å². The molecule has 0 heterocycles. The predicted molar refractivity (Wildman–Crippen MR) is 333 cm³/mol. The summed E-state index contributed by atoms with van der Waals surface area (Å²) in [4.78, 5) is 24.6. The van der Waals surface area contributed by atoms with Crippen LogP contribution in [0.2, 0.25) is 0 Å². The third-order valence-corrected chi connectivity index (χ3v) is 16.6. The van der Waals surface area contributed by atoms with Crippen LogP contribution in [0.3, 0.4) is 0 Å². The van der Waals surface area contributed by atoms with E-state index < -0.39 is 12.1 Å². The quantitative estimate of drug-likeness (QED) is 0.0320. The van der Waals surface area contributed by atoms with E-state index in [4.69, 9.17) is 4.74 Å². The normalized spacial score (nSPS) is 12.5. The Bertz CT molecular complexity index is 1140. The molecule has 0 radical (unpaired) electrons. The Kier molecular flexibility index (Phi) is 64.9. The molecule has 0 aliphatic heterocycles. The summed E-state index contributed by atoms with van der Waals surface area (Å²) in [5, 5.41) is 23.3. The number of rotatable bonds is 66. The highest BCUT2D eigenvalue weighted by molar-refractivity contribution is 5.76. The summed E-state index contributed by atoms with van der Waals surface area (Å²) in [5.74, 6) is -0.0140. The maximum atomic E-state index is 12.5. The number of unbranched alkanes of at least 4 members (excludes halogenated alkanes) is 53. The van der Waals surface area contributed by atoms with E-state index in [1.807, 2.05) is 0 Å². The molecule has 0 fully saturated rings. The van der Waals surface area contributed by atoms with Gasteiger partial charge in [0, 0.05) is 12.8 Å². The Morgan fingerprint density at radius 1 is 0.355 bits per heavy atom. The number of hydrogen-bond acceptors (Lipinski definition) is 5. The topological polar surface area (TPSA) is 95.9 Å². The highest BCUT2D eigenvalue weighted by Gasteiger charge is 2.20. The summed E-state index contributed by atoms with van der Waals surface area (Å²) in [6.45, 7) is 5.00. The number of aliphatic hydroxyl groups excluding tert-OH is 2. The molecule has 452 valence electrons. The molecule has 0 rings (SSSR count). The minimum atomic E-state index is -0.665. The smallest absolute Gasteiger partial charge is 0.305 e. The van der Waals surface area contributed by atoms with Gasteiger partial charge in [0.2, 0.25) is 5.91 Å². The third-order valence-electron chi connectivity index (χ3n) is 16.6. The first-order chi connectivity index (χ1) is 37.5. The number of hydrogen-bond donors (Lipinski definition) is 3. The van der Waals surface area contributed by atoms with Gasteiger partial charge in [0.05, 0.1) is 25.4 Å². The molecule has 1 amide bonds. The molecule has 0 spiro atoms. The van der Waals surface area contributed by atoms with Gasteiger partial charge in [-0.1, -0.05) is 347 Å². The lowest BCUT2D eigenvalue weighted by atomic mass is 10.0. The molecule has 3 N–H and O–H groups in total. The number of nitrogens with one attached hydrogen (secondary N) is 1. The van der Waals surface area contributed by atoms with Gasteiger partial charge in [-0.3, -0.25) is 9.59 Å². The predicted octanol–water partition coefficient (Wildman–Crippen LogP) is 22.4. The van der Waals surface area contributed by atoms with Crippen molar-refractivity contribution in [1.82, 2.24) is 5.32 Å². The molecule has 0 bridgehead atoms. The van der Waals surface area contributed by atoms with Crippen LogP contribution < -0.4 is 5.32 Å². The molecule has 76 heavy (non-hydrogen) atoms. The Morgan fingerprint density at radius 3 is 0.934 bits per heavy atom. The van der Waals surface area contributed by atoms with Crippen molar-refractivity contribution < 1.29 is 24.5 Å². The summed E-state index contributed by atoms with van der Waals surface area (Å²) in [7, 11) is 0. The van der Waals surface area contributed by atoms with Crippen LogP contribution in [-0.4, -0.2) is 47.4 Å². The average molecular weight is 1070 g/mol. The minimum absolute atomic E-state index is 0.0193. The molecule has 0 saturated heterocycles. The van der Waals surface area contributed by atoms with Gasteiger partial charge in [-0.2, -0.15) is 0 Å². The highest BCUT2D eigenvalue weighted by Crippen LogP contribution is 2.19. The number of carbonyl (C=O) groups excluding carboxylic acids is 2. The fraction of sp³-hybridized carbons (Fsp3) is 0.943. The molecule has 0 aliphatic carbocycles. The van der Waals surface area contributed by atoms with Gasteiger partial charge in [0.1, 0.15) is 0 Å². The first kappa shape index (κ1) is 74.6. The lowest BCUT2D eigenvalue weighted by Gasteiger charge is -2.22. The first-order valence-corrected chi connectivity index (χ1v) is 34.9. The van der Waals surface area contributed by atoms with E-state index in [1.54, 1.807) is 0 Å². The molecule has 2 atom stereocenters. The monoisotopic (exact) mass is 1070 g/mol. The second-order valence-corrected chi connectivity index (χ2v) is 24.2. The van der Waals surface area contributed by atoms with Crippen LogP contribution in [-0.2, 0) is 14.3 Å². The number of ether oxygens (including phenoxy) is 1. The molecule has 0 aromatic carbocycles. The lowest BCUT2D eigenvalue weighted by molar-refractivity contribution is -0.143. The fourth-order valence-electron chi connectivity index (χ4n) is 11.2. The first-order valence-electron chi connectivity index (χ1n) is 34.9. The Labute approximate surface area is 476 Å². The highest BCUT2D eigenvalue weighted by atomic mass is 16.5. The van der Waals surface area contributed by atoms with Crippen molar-refractivity contribution >= 4 is 11.9 Å². The van der Waals surface area contributed by atoms with Crippen molar-refractivity contribution in [2.45, 2.75) is 411 Å². The van der Waals surface area contributed by atoms with E-state index in [-0.39, 0.29) is 18.5 Å². The van der Waals surface area contributed by atoms with Gasteiger partial charge in [-0.05, 0) is 51.4 Å². The molecule has 6 heteroatoms.